The second kappa shape index (κ2) is 8.61. The summed E-state index contributed by atoms with van der Waals surface area (Å²) in [5.74, 6) is 1.48. The predicted octanol–water partition coefficient (Wildman–Crippen LogP) is 3.35. The van der Waals surface area contributed by atoms with Gasteiger partial charge in [0.1, 0.15) is 6.54 Å². The number of methoxy groups -OCH3 is 2. The molecular weight excluding hydrogens is 382 g/mol. The molecule has 1 unspecified atom stereocenters. The predicted molar refractivity (Wildman–Crippen MR) is 110 cm³/mol. The lowest BCUT2D eigenvalue weighted by Crippen LogP contribution is -3.06. The fourth-order valence-corrected chi connectivity index (χ4v) is 3.52. The second-order valence-corrected chi connectivity index (χ2v) is 7.18. The molecule has 27 heavy (non-hydrogen) atoms. The fourth-order valence-electron chi connectivity index (χ4n) is 3.04. The molecule has 0 amide bonds. The van der Waals surface area contributed by atoms with E-state index < -0.39 is 0 Å². The number of ether oxygens (including phenoxy) is 2. The second-order valence-electron chi connectivity index (χ2n) is 6.38. The number of aromatic nitrogens is 2. The summed E-state index contributed by atoms with van der Waals surface area (Å²) in [6, 6.07) is 13.7. The number of halogens is 1. The summed E-state index contributed by atoms with van der Waals surface area (Å²) < 4.78 is 15.5. The highest BCUT2D eigenvalue weighted by molar-refractivity contribution is 7.71. The third-order valence-corrected chi connectivity index (χ3v) is 4.99. The van der Waals surface area contributed by atoms with Gasteiger partial charge in [-0.05, 0) is 48.6 Å². The van der Waals surface area contributed by atoms with Gasteiger partial charge in [-0.1, -0.05) is 17.7 Å². The Morgan fingerprint density at radius 2 is 1.81 bits per heavy atom. The third kappa shape index (κ3) is 4.53. The molecular formula is C20H23ClN3O2S+. The maximum Gasteiger partial charge on any atom is 0.188 e. The highest BCUT2D eigenvalue weighted by Gasteiger charge is 2.11. The van der Waals surface area contributed by atoms with E-state index in [1.54, 1.807) is 14.2 Å². The molecule has 0 aliphatic heterocycles. The number of nitrogens with one attached hydrogen (secondary N) is 1. The van der Waals surface area contributed by atoms with Gasteiger partial charge in [-0.15, -0.1) is 0 Å². The van der Waals surface area contributed by atoms with Crippen LogP contribution in [0.4, 0.5) is 0 Å². The number of rotatable bonds is 7. The molecule has 1 heterocycles. The standard InChI is InChI=1S/C20H22ClN3O2S/c1-22(13-15-7-8-18(25-2)19(11-15)26-3)14-23-9-10-24(20(23)27)17-6-4-5-16(21)12-17/h4-12H,13-14H2,1-3H3/p+1. The number of hydrogen-bond donors (Lipinski definition) is 1. The summed E-state index contributed by atoms with van der Waals surface area (Å²) in [7, 11) is 5.42. The minimum Gasteiger partial charge on any atom is -0.493 e. The van der Waals surface area contributed by atoms with Crippen molar-refractivity contribution in [3.05, 3.63) is 70.2 Å². The van der Waals surface area contributed by atoms with Crippen molar-refractivity contribution in [2.75, 3.05) is 21.3 Å². The molecule has 0 bridgehead atoms. The minimum absolute atomic E-state index is 0.693. The molecule has 2 aromatic carbocycles. The van der Waals surface area contributed by atoms with Crippen LogP contribution >= 0.6 is 23.8 Å². The van der Waals surface area contributed by atoms with Crippen LogP contribution in [0.25, 0.3) is 5.69 Å². The van der Waals surface area contributed by atoms with E-state index in [4.69, 9.17) is 33.3 Å². The molecule has 0 aliphatic rings. The van der Waals surface area contributed by atoms with E-state index in [1.165, 1.54) is 10.5 Å². The fraction of sp³-hybridized carbons (Fsp3) is 0.250. The molecule has 7 heteroatoms. The molecule has 0 aliphatic carbocycles. The molecule has 1 N–H and O–H groups in total. The van der Waals surface area contributed by atoms with Crippen molar-refractivity contribution in [3.63, 3.8) is 0 Å². The van der Waals surface area contributed by atoms with Crippen molar-refractivity contribution >= 4 is 23.8 Å². The Morgan fingerprint density at radius 3 is 2.52 bits per heavy atom. The van der Waals surface area contributed by atoms with Crippen molar-refractivity contribution in [3.8, 4) is 17.2 Å². The van der Waals surface area contributed by atoms with Crippen LogP contribution in [0.1, 0.15) is 5.56 Å². The van der Waals surface area contributed by atoms with Gasteiger partial charge in [0.2, 0.25) is 0 Å². The Hall–Kier alpha value is -2.28. The first-order chi connectivity index (χ1) is 13.0. The summed E-state index contributed by atoms with van der Waals surface area (Å²) in [5, 5.41) is 0.693. The van der Waals surface area contributed by atoms with E-state index in [0.29, 0.717) is 5.02 Å². The SMILES string of the molecule is COc1ccc(C[NH+](C)Cn2ccn(-c3cccc(Cl)c3)c2=S)cc1OC. The molecule has 3 rings (SSSR count). The van der Waals surface area contributed by atoms with Crippen LogP contribution in [-0.2, 0) is 13.2 Å². The van der Waals surface area contributed by atoms with E-state index in [1.807, 2.05) is 53.4 Å². The maximum atomic E-state index is 6.10. The first-order valence-electron chi connectivity index (χ1n) is 8.57. The van der Waals surface area contributed by atoms with Crippen LogP contribution < -0.4 is 14.4 Å². The van der Waals surface area contributed by atoms with E-state index in [-0.39, 0.29) is 0 Å². The van der Waals surface area contributed by atoms with Crippen LogP contribution in [0.3, 0.4) is 0 Å². The van der Waals surface area contributed by atoms with Gasteiger partial charge >= 0.3 is 0 Å². The molecule has 142 valence electrons. The number of hydrogen-bond acceptors (Lipinski definition) is 3. The molecule has 0 saturated carbocycles. The summed E-state index contributed by atoms with van der Waals surface area (Å²) in [4.78, 5) is 1.29. The van der Waals surface area contributed by atoms with Crippen molar-refractivity contribution < 1.29 is 14.4 Å². The van der Waals surface area contributed by atoms with Crippen molar-refractivity contribution in [1.82, 2.24) is 9.13 Å². The Kier molecular flexibility index (Phi) is 6.21. The zero-order valence-corrected chi connectivity index (χ0v) is 17.2. The Bertz CT molecular complexity index is 983. The zero-order chi connectivity index (χ0) is 19.4. The lowest BCUT2D eigenvalue weighted by atomic mass is 10.2. The Labute approximate surface area is 169 Å². The Morgan fingerprint density at radius 1 is 1.04 bits per heavy atom. The van der Waals surface area contributed by atoms with E-state index in [2.05, 4.69) is 17.7 Å². The molecule has 1 aromatic heterocycles. The van der Waals surface area contributed by atoms with Crippen LogP contribution in [0.2, 0.25) is 5.02 Å². The van der Waals surface area contributed by atoms with Crippen LogP contribution in [0, 0.1) is 4.77 Å². The van der Waals surface area contributed by atoms with Gasteiger partial charge in [0.25, 0.3) is 0 Å². The van der Waals surface area contributed by atoms with Gasteiger partial charge < -0.3 is 14.4 Å². The monoisotopic (exact) mass is 404 g/mol. The lowest BCUT2D eigenvalue weighted by Gasteiger charge is -2.16. The summed E-state index contributed by atoms with van der Waals surface area (Å²) >= 11 is 11.7. The van der Waals surface area contributed by atoms with Crippen LogP contribution in [-0.4, -0.2) is 30.4 Å². The van der Waals surface area contributed by atoms with Crippen molar-refractivity contribution in [2.24, 2.45) is 0 Å². The number of nitrogens with zero attached hydrogens (tertiary/aromatic N) is 2. The number of quaternary nitrogens is 1. The topological polar surface area (TPSA) is 32.8 Å². The average molecular weight is 405 g/mol. The van der Waals surface area contributed by atoms with Gasteiger partial charge in [-0.3, -0.25) is 9.13 Å². The first kappa shape index (κ1) is 19.5. The molecule has 0 radical (unpaired) electrons. The van der Waals surface area contributed by atoms with E-state index in [0.717, 1.165) is 35.2 Å². The summed E-state index contributed by atoms with van der Waals surface area (Å²) in [6.45, 7) is 1.59. The maximum absolute atomic E-state index is 6.10. The van der Waals surface area contributed by atoms with Crippen LogP contribution in [0.5, 0.6) is 11.5 Å². The third-order valence-electron chi connectivity index (χ3n) is 4.33. The van der Waals surface area contributed by atoms with E-state index in [9.17, 15) is 0 Å². The van der Waals surface area contributed by atoms with Gasteiger partial charge in [-0.2, -0.15) is 0 Å². The Balaban J connectivity index is 1.73. The highest BCUT2D eigenvalue weighted by atomic mass is 35.5. The summed E-state index contributed by atoms with van der Waals surface area (Å²) in [6.07, 6.45) is 3.97. The zero-order valence-electron chi connectivity index (χ0n) is 15.6. The molecule has 5 nitrogen and oxygen atoms in total. The molecule has 0 fully saturated rings. The molecule has 1 atom stereocenters. The smallest absolute Gasteiger partial charge is 0.188 e. The molecule has 0 saturated heterocycles. The minimum atomic E-state index is 0.693. The van der Waals surface area contributed by atoms with Crippen LogP contribution in [0.15, 0.2) is 54.9 Å². The largest absolute Gasteiger partial charge is 0.493 e. The first-order valence-corrected chi connectivity index (χ1v) is 9.36. The van der Waals surface area contributed by atoms with E-state index >= 15 is 0 Å². The number of benzene rings is 2. The summed E-state index contributed by atoms with van der Waals surface area (Å²) in [5.41, 5.74) is 2.13. The highest BCUT2D eigenvalue weighted by Crippen LogP contribution is 2.27. The molecule has 3 aromatic rings. The van der Waals surface area contributed by atoms with Gasteiger partial charge in [0.15, 0.2) is 22.9 Å². The lowest BCUT2D eigenvalue weighted by molar-refractivity contribution is -0.917. The van der Waals surface area contributed by atoms with Crippen molar-refractivity contribution in [2.45, 2.75) is 13.2 Å². The quantitative estimate of drug-likeness (QED) is 0.613. The van der Waals surface area contributed by atoms with Gasteiger partial charge in [0, 0.05) is 28.7 Å². The normalized spacial score (nSPS) is 12.0. The molecule has 0 spiro atoms. The van der Waals surface area contributed by atoms with Gasteiger partial charge in [0.05, 0.1) is 21.3 Å². The van der Waals surface area contributed by atoms with Crippen molar-refractivity contribution in [1.29, 1.82) is 0 Å². The van der Waals surface area contributed by atoms with Gasteiger partial charge in [-0.25, -0.2) is 0 Å². The average Bonchev–Trinajstić information content (AvgIpc) is 3.02. The number of imidazole rings is 1.